The summed E-state index contributed by atoms with van der Waals surface area (Å²) >= 11 is 0. The third-order valence-electron chi connectivity index (χ3n) is 3.89. The molecule has 2 rings (SSSR count). The van der Waals surface area contributed by atoms with Crippen molar-refractivity contribution in [2.45, 2.75) is 13.3 Å². The van der Waals surface area contributed by atoms with Gasteiger partial charge in [0.1, 0.15) is 18.2 Å². The molecule has 2 atom stereocenters. The van der Waals surface area contributed by atoms with Gasteiger partial charge in [0, 0.05) is 6.54 Å². The first-order chi connectivity index (χ1) is 9.60. The molecule has 0 amide bonds. The van der Waals surface area contributed by atoms with Gasteiger partial charge >= 0.3 is 5.97 Å². The van der Waals surface area contributed by atoms with Crippen LogP contribution in [-0.2, 0) is 4.79 Å². The van der Waals surface area contributed by atoms with Gasteiger partial charge < -0.3 is 14.7 Å². The van der Waals surface area contributed by atoms with Crippen LogP contribution in [-0.4, -0.2) is 42.2 Å². The largest absolute Gasteiger partial charge is 0.493 e. The Hall–Kier alpha value is -1.62. The van der Waals surface area contributed by atoms with Crippen LogP contribution in [0.5, 0.6) is 5.75 Å². The lowest BCUT2D eigenvalue weighted by atomic mass is 9.92. The molecule has 110 valence electrons. The van der Waals surface area contributed by atoms with Crippen LogP contribution >= 0.6 is 0 Å². The van der Waals surface area contributed by atoms with Gasteiger partial charge in [0.25, 0.3) is 0 Å². The maximum Gasteiger partial charge on any atom is 0.310 e. The molecule has 1 N–H and O–H groups in total. The minimum atomic E-state index is -0.824. The monoisotopic (exact) mass is 281 g/mol. The molecule has 4 nitrogen and oxygen atoms in total. The molecule has 0 spiro atoms. The molecule has 0 radical (unpaired) electrons. The van der Waals surface area contributed by atoms with Crippen LogP contribution in [0.25, 0.3) is 0 Å². The number of benzene rings is 1. The van der Waals surface area contributed by atoms with Gasteiger partial charge in [0.05, 0.1) is 5.92 Å². The molecule has 1 aromatic rings. The van der Waals surface area contributed by atoms with Gasteiger partial charge in [-0.3, -0.25) is 4.79 Å². The second-order valence-electron chi connectivity index (χ2n) is 5.15. The summed E-state index contributed by atoms with van der Waals surface area (Å²) in [6, 6.07) is 5.64. The number of carbonyl (C=O) groups is 1. The predicted octanol–water partition coefficient (Wildman–Crippen LogP) is 2.25. The summed E-state index contributed by atoms with van der Waals surface area (Å²) in [6.45, 7) is 4.90. The van der Waals surface area contributed by atoms with Crippen LogP contribution in [0.2, 0.25) is 0 Å². The molecule has 1 aliphatic heterocycles. The van der Waals surface area contributed by atoms with Crippen molar-refractivity contribution in [3.05, 3.63) is 30.1 Å². The number of nitrogens with zero attached hydrogens (tertiary/aromatic N) is 1. The summed E-state index contributed by atoms with van der Waals surface area (Å²) in [7, 11) is 0. The minimum absolute atomic E-state index is 0.118. The molecule has 0 aromatic heterocycles. The Morgan fingerprint density at radius 1 is 1.50 bits per heavy atom. The van der Waals surface area contributed by atoms with Gasteiger partial charge in [-0.1, -0.05) is 6.92 Å². The average molecular weight is 281 g/mol. The minimum Gasteiger partial charge on any atom is -0.493 e. The molecule has 20 heavy (non-hydrogen) atoms. The zero-order valence-electron chi connectivity index (χ0n) is 11.6. The van der Waals surface area contributed by atoms with E-state index in [9.17, 15) is 14.3 Å². The number of hydrogen-bond acceptors (Lipinski definition) is 3. The number of hydrogen-bond donors (Lipinski definition) is 1. The Kier molecular flexibility index (Phi) is 4.95. The summed E-state index contributed by atoms with van der Waals surface area (Å²) in [5.41, 5.74) is 0. The molecule has 1 fully saturated rings. The van der Waals surface area contributed by atoms with Gasteiger partial charge in [0.2, 0.25) is 0 Å². The zero-order chi connectivity index (χ0) is 14.5. The van der Waals surface area contributed by atoms with E-state index < -0.39 is 11.9 Å². The van der Waals surface area contributed by atoms with Crippen LogP contribution in [0.1, 0.15) is 13.3 Å². The van der Waals surface area contributed by atoms with Crippen LogP contribution in [0.3, 0.4) is 0 Å². The topological polar surface area (TPSA) is 49.8 Å². The van der Waals surface area contributed by atoms with E-state index in [1.54, 1.807) is 0 Å². The fourth-order valence-corrected chi connectivity index (χ4v) is 2.60. The number of carboxylic acid groups (broad SMARTS) is 1. The summed E-state index contributed by atoms with van der Waals surface area (Å²) in [5.74, 6) is -1.05. The summed E-state index contributed by atoms with van der Waals surface area (Å²) in [4.78, 5) is 13.6. The molecule has 0 bridgehead atoms. The first-order valence-corrected chi connectivity index (χ1v) is 6.93. The second-order valence-corrected chi connectivity index (χ2v) is 5.15. The SMILES string of the molecule is CCN1CCC(C(COc2ccc(F)cc2)C(=O)O)C1. The van der Waals surface area contributed by atoms with Crippen LogP contribution in [0.4, 0.5) is 4.39 Å². The standard InChI is InChI=1S/C15H20FNO3/c1-2-17-8-7-11(9-17)14(15(18)19)10-20-13-5-3-12(16)4-6-13/h3-6,11,14H,2,7-10H2,1H3,(H,18,19). The fourth-order valence-electron chi connectivity index (χ4n) is 2.60. The van der Waals surface area contributed by atoms with Crippen molar-refractivity contribution in [2.75, 3.05) is 26.2 Å². The Labute approximate surface area is 118 Å². The number of rotatable bonds is 6. The lowest BCUT2D eigenvalue weighted by molar-refractivity contribution is -0.144. The van der Waals surface area contributed by atoms with Gasteiger partial charge in [-0.15, -0.1) is 0 Å². The lowest BCUT2D eigenvalue weighted by Gasteiger charge is -2.20. The van der Waals surface area contributed by atoms with Crippen molar-refractivity contribution >= 4 is 5.97 Å². The number of ether oxygens (including phenoxy) is 1. The van der Waals surface area contributed by atoms with E-state index in [4.69, 9.17) is 4.74 Å². The molecule has 1 heterocycles. The average Bonchev–Trinajstić information content (AvgIpc) is 2.89. The maximum atomic E-state index is 12.8. The second kappa shape index (κ2) is 6.70. The Morgan fingerprint density at radius 3 is 2.75 bits per heavy atom. The third-order valence-corrected chi connectivity index (χ3v) is 3.89. The molecule has 5 heteroatoms. The van der Waals surface area contributed by atoms with Crippen LogP contribution < -0.4 is 4.74 Å². The highest BCUT2D eigenvalue weighted by Gasteiger charge is 2.33. The van der Waals surface area contributed by atoms with Crippen molar-refractivity contribution in [3.8, 4) is 5.75 Å². The lowest BCUT2D eigenvalue weighted by Crippen LogP contribution is -2.31. The van der Waals surface area contributed by atoms with Gasteiger partial charge in [-0.2, -0.15) is 0 Å². The van der Waals surface area contributed by atoms with Crippen molar-refractivity contribution in [1.29, 1.82) is 0 Å². The molecule has 1 saturated heterocycles. The number of carboxylic acids is 1. The smallest absolute Gasteiger partial charge is 0.310 e. The highest BCUT2D eigenvalue weighted by Crippen LogP contribution is 2.25. The van der Waals surface area contributed by atoms with E-state index in [-0.39, 0.29) is 18.3 Å². The van der Waals surface area contributed by atoms with E-state index in [0.29, 0.717) is 5.75 Å². The van der Waals surface area contributed by atoms with Gasteiger partial charge in [-0.25, -0.2) is 4.39 Å². The maximum absolute atomic E-state index is 12.8. The number of halogens is 1. The van der Waals surface area contributed by atoms with E-state index >= 15 is 0 Å². The van der Waals surface area contributed by atoms with E-state index in [0.717, 1.165) is 26.1 Å². The highest BCUT2D eigenvalue weighted by molar-refractivity contribution is 5.70. The third kappa shape index (κ3) is 3.70. The molecule has 0 saturated carbocycles. The highest BCUT2D eigenvalue weighted by atomic mass is 19.1. The summed E-state index contributed by atoms with van der Waals surface area (Å²) in [5, 5.41) is 9.36. The Morgan fingerprint density at radius 2 is 2.20 bits per heavy atom. The predicted molar refractivity (Wildman–Crippen MR) is 73.2 cm³/mol. The van der Waals surface area contributed by atoms with E-state index in [1.807, 2.05) is 0 Å². The number of aliphatic carboxylic acids is 1. The van der Waals surface area contributed by atoms with Gasteiger partial charge in [-0.05, 0) is 49.7 Å². The number of likely N-dealkylation sites (tertiary alicyclic amines) is 1. The van der Waals surface area contributed by atoms with Crippen molar-refractivity contribution < 1.29 is 19.0 Å². The normalized spacial score (nSPS) is 20.8. The molecule has 0 aliphatic carbocycles. The zero-order valence-corrected chi connectivity index (χ0v) is 11.6. The van der Waals surface area contributed by atoms with Crippen LogP contribution in [0, 0.1) is 17.7 Å². The molecule has 1 aromatic carbocycles. The van der Waals surface area contributed by atoms with E-state index in [1.165, 1.54) is 24.3 Å². The van der Waals surface area contributed by atoms with Crippen molar-refractivity contribution in [3.63, 3.8) is 0 Å². The summed E-state index contributed by atoms with van der Waals surface area (Å²) < 4.78 is 18.3. The molecular formula is C15H20FNO3. The van der Waals surface area contributed by atoms with Crippen molar-refractivity contribution in [1.82, 2.24) is 4.90 Å². The summed E-state index contributed by atoms with van der Waals surface area (Å²) in [6.07, 6.45) is 0.886. The first-order valence-electron chi connectivity index (χ1n) is 6.93. The van der Waals surface area contributed by atoms with Crippen LogP contribution in [0.15, 0.2) is 24.3 Å². The van der Waals surface area contributed by atoms with Crippen molar-refractivity contribution in [2.24, 2.45) is 11.8 Å². The molecule has 1 aliphatic rings. The van der Waals surface area contributed by atoms with E-state index in [2.05, 4.69) is 11.8 Å². The Balaban J connectivity index is 1.93. The molecular weight excluding hydrogens is 261 g/mol. The quantitative estimate of drug-likeness (QED) is 0.869. The Bertz CT molecular complexity index is 449. The first kappa shape index (κ1) is 14.8. The fraction of sp³-hybridized carbons (Fsp3) is 0.533. The molecule has 2 unspecified atom stereocenters. The van der Waals surface area contributed by atoms with Gasteiger partial charge in [0.15, 0.2) is 0 Å².